The number of hydrogen-bond donors (Lipinski definition) is 1. The molecule has 0 amide bonds. The highest BCUT2D eigenvalue weighted by atomic mass is 19.1. The molecule has 0 spiro atoms. The fourth-order valence-corrected chi connectivity index (χ4v) is 2.81. The minimum atomic E-state index is -0.160. The van der Waals surface area contributed by atoms with E-state index in [1.807, 2.05) is 13.8 Å². The molecule has 0 heterocycles. The fraction of sp³-hybridized carbons (Fsp3) is 0.368. The van der Waals surface area contributed by atoms with Crippen LogP contribution >= 0.6 is 0 Å². The lowest BCUT2D eigenvalue weighted by Crippen LogP contribution is -2.14. The Morgan fingerprint density at radius 2 is 1.67 bits per heavy atom. The molecule has 2 heteroatoms. The zero-order valence-electron chi connectivity index (χ0n) is 13.4. The molecule has 0 aliphatic rings. The quantitative estimate of drug-likeness (QED) is 0.769. The van der Waals surface area contributed by atoms with Crippen molar-refractivity contribution >= 4 is 0 Å². The van der Waals surface area contributed by atoms with Gasteiger partial charge < -0.3 is 5.32 Å². The summed E-state index contributed by atoms with van der Waals surface area (Å²) in [6, 6.07) is 9.76. The van der Waals surface area contributed by atoms with E-state index in [1.165, 1.54) is 16.7 Å². The van der Waals surface area contributed by atoms with Crippen molar-refractivity contribution in [3.63, 3.8) is 0 Å². The molecule has 0 saturated carbocycles. The van der Waals surface area contributed by atoms with Gasteiger partial charge in [0.25, 0.3) is 0 Å². The Morgan fingerprint density at radius 1 is 1.00 bits per heavy atom. The van der Waals surface area contributed by atoms with Crippen LogP contribution in [0.4, 0.5) is 4.39 Å². The number of nitrogens with one attached hydrogen (secondary N) is 1. The van der Waals surface area contributed by atoms with Crippen molar-refractivity contribution in [2.24, 2.45) is 0 Å². The lowest BCUT2D eigenvalue weighted by atomic mass is 9.91. The summed E-state index contributed by atoms with van der Waals surface area (Å²) in [7, 11) is 0. The molecule has 112 valence electrons. The van der Waals surface area contributed by atoms with Crippen LogP contribution < -0.4 is 5.32 Å². The Hall–Kier alpha value is -1.67. The van der Waals surface area contributed by atoms with E-state index in [2.05, 4.69) is 37.4 Å². The largest absolute Gasteiger partial charge is 0.313 e. The van der Waals surface area contributed by atoms with Crippen molar-refractivity contribution in [3.8, 4) is 11.1 Å². The maximum absolute atomic E-state index is 13.5. The van der Waals surface area contributed by atoms with Gasteiger partial charge in [-0.15, -0.1) is 0 Å². The second kappa shape index (κ2) is 6.86. The van der Waals surface area contributed by atoms with E-state index in [1.54, 1.807) is 12.1 Å². The van der Waals surface area contributed by atoms with E-state index < -0.39 is 0 Å². The van der Waals surface area contributed by atoms with Gasteiger partial charge in [-0.25, -0.2) is 4.39 Å². The first-order chi connectivity index (χ1) is 10.0. The van der Waals surface area contributed by atoms with Crippen molar-refractivity contribution in [3.05, 3.63) is 58.4 Å². The molecule has 2 aromatic carbocycles. The highest BCUT2D eigenvalue weighted by Crippen LogP contribution is 2.31. The normalized spacial score (nSPS) is 10.9. The molecule has 0 saturated heterocycles. The lowest BCUT2D eigenvalue weighted by molar-refractivity contribution is 0.625. The minimum Gasteiger partial charge on any atom is -0.313 e. The summed E-state index contributed by atoms with van der Waals surface area (Å²) < 4.78 is 13.5. The number of rotatable bonds is 5. The molecular formula is C19H24FN. The van der Waals surface area contributed by atoms with E-state index >= 15 is 0 Å². The zero-order valence-corrected chi connectivity index (χ0v) is 13.4. The average Bonchev–Trinajstić information content (AvgIpc) is 2.40. The maximum Gasteiger partial charge on any atom is 0.123 e. The SMILES string of the molecule is CCCNCc1ccc(C)cc1-c1c(C)cc(F)cc1C. The van der Waals surface area contributed by atoms with Crippen LogP contribution in [-0.4, -0.2) is 6.54 Å². The van der Waals surface area contributed by atoms with Crippen LogP contribution in [0, 0.1) is 26.6 Å². The van der Waals surface area contributed by atoms with Gasteiger partial charge in [0.2, 0.25) is 0 Å². The molecule has 0 aromatic heterocycles. The van der Waals surface area contributed by atoms with Crippen LogP contribution in [0.1, 0.15) is 35.6 Å². The molecule has 0 aliphatic carbocycles. The molecule has 0 aliphatic heterocycles. The van der Waals surface area contributed by atoms with Crippen molar-refractivity contribution in [1.82, 2.24) is 5.32 Å². The van der Waals surface area contributed by atoms with Gasteiger partial charge in [0.1, 0.15) is 5.82 Å². The summed E-state index contributed by atoms with van der Waals surface area (Å²) in [6.07, 6.45) is 1.12. The van der Waals surface area contributed by atoms with Crippen LogP contribution in [0.15, 0.2) is 30.3 Å². The Kier molecular flexibility index (Phi) is 5.13. The van der Waals surface area contributed by atoms with Crippen LogP contribution in [-0.2, 0) is 6.54 Å². The molecule has 0 bridgehead atoms. The first-order valence-electron chi connectivity index (χ1n) is 7.60. The third kappa shape index (κ3) is 3.70. The van der Waals surface area contributed by atoms with Gasteiger partial charge in [-0.05, 0) is 73.7 Å². The van der Waals surface area contributed by atoms with E-state index in [4.69, 9.17) is 0 Å². The molecule has 21 heavy (non-hydrogen) atoms. The van der Waals surface area contributed by atoms with Crippen molar-refractivity contribution in [2.45, 2.75) is 40.7 Å². The summed E-state index contributed by atoms with van der Waals surface area (Å²) in [6.45, 7) is 10.1. The monoisotopic (exact) mass is 285 g/mol. The molecule has 1 nitrogen and oxygen atoms in total. The molecular weight excluding hydrogens is 261 g/mol. The van der Waals surface area contributed by atoms with Gasteiger partial charge in [-0.1, -0.05) is 30.7 Å². The molecule has 1 N–H and O–H groups in total. The highest BCUT2D eigenvalue weighted by molar-refractivity contribution is 5.74. The second-order valence-electron chi connectivity index (χ2n) is 5.75. The molecule has 0 fully saturated rings. The van der Waals surface area contributed by atoms with Gasteiger partial charge in [0, 0.05) is 6.54 Å². The first kappa shape index (κ1) is 15.7. The van der Waals surface area contributed by atoms with Crippen LogP contribution in [0.3, 0.4) is 0 Å². The summed E-state index contributed by atoms with van der Waals surface area (Å²) >= 11 is 0. The van der Waals surface area contributed by atoms with Gasteiger partial charge in [0.15, 0.2) is 0 Å². The number of benzene rings is 2. The average molecular weight is 285 g/mol. The van der Waals surface area contributed by atoms with Crippen molar-refractivity contribution in [2.75, 3.05) is 6.54 Å². The van der Waals surface area contributed by atoms with Crippen LogP contribution in [0.2, 0.25) is 0 Å². The standard InChI is InChI=1S/C19H24FN/c1-5-8-21-12-16-7-6-13(2)9-18(16)19-14(3)10-17(20)11-15(19)4/h6-7,9-11,21H,5,8,12H2,1-4H3. The Bertz CT molecular complexity index is 608. The Morgan fingerprint density at radius 3 is 2.29 bits per heavy atom. The molecule has 0 radical (unpaired) electrons. The van der Waals surface area contributed by atoms with Gasteiger partial charge >= 0.3 is 0 Å². The Balaban J connectivity index is 2.49. The molecule has 0 atom stereocenters. The van der Waals surface area contributed by atoms with Crippen molar-refractivity contribution in [1.29, 1.82) is 0 Å². The molecule has 2 rings (SSSR count). The van der Waals surface area contributed by atoms with Gasteiger partial charge in [-0.3, -0.25) is 0 Å². The zero-order chi connectivity index (χ0) is 15.4. The summed E-state index contributed by atoms with van der Waals surface area (Å²) in [5, 5.41) is 3.46. The topological polar surface area (TPSA) is 12.0 Å². The summed E-state index contributed by atoms with van der Waals surface area (Å²) in [5.41, 5.74) is 6.87. The lowest BCUT2D eigenvalue weighted by Gasteiger charge is -2.16. The van der Waals surface area contributed by atoms with Crippen molar-refractivity contribution < 1.29 is 4.39 Å². The number of hydrogen-bond acceptors (Lipinski definition) is 1. The summed E-state index contributed by atoms with van der Waals surface area (Å²) in [4.78, 5) is 0. The number of halogens is 1. The fourth-order valence-electron chi connectivity index (χ4n) is 2.81. The maximum atomic E-state index is 13.5. The van der Waals surface area contributed by atoms with E-state index in [9.17, 15) is 4.39 Å². The van der Waals surface area contributed by atoms with Gasteiger partial charge in [0.05, 0.1) is 0 Å². The van der Waals surface area contributed by atoms with Crippen LogP contribution in [0.25, 0.3) is 11.1 Å². The minimum absolute atomic E-state index is 0.160. The highest BCUT2D eigenvalue weighted by Gasteiger charge is 2.12. The van der Waals surface area contributed by atoms with Gasteiger partial charge in [-0.2, -0.15) is 0 Å². The van der Waals surface area contributed by atoms with E-state index in [0.29, 0.717) is 0 Å². The Labute approximate surface area is 127 Å². The third-order valence-corrected chi connectivity index (χ3v) is 3.77. The number of aryl methyl sites for hydroxylation is 3. The second-order valence-corrected chi connectivity index (χ2v) is 5.75. The predicted molar refractivity (Wildman–Crippen MR) is 88.0 cm³/mol. The van der Waals surface area contributed by atoms with E-state index in [0.717, 1.165) is 36.2 Å². The molecule has 0 unspecified atom stereocenters. The first-order valence-corrected chi connectivity index (χ1v) is 7.60. The third-order valence-electron chi connectivity index (χ3n) is 3.77. The molecule has 2 aromatic rings. The predicted octanol–water partition coefficient (Wildman–Crippen LogP) is 4.92. The van der Waals surface area contributed by atoms with Crippen LogP contribution in [0.5, 0.6) is 0 Å². The summed E-state index contributed by atoms with van der Waals surface area (Å²) in [5.74, 6) is -0.160. The smallest absolute Gasteiger partial charge is 0.123 e. The van der Waals surface area contributed by atoms with E-state index in [-0.39, 0.29) is 5.82 Å².